The van der Waals surface area contributed by atoms with Crippen LogP contribution in [0.2, 0.25) is 0 Å². The minimum Gasteiger partial charge on any atom is -0.408 e. The standard InChI is InChI=1S/C8H5F2NO2/c9-7(10)4-2-1-3-5-6(4)11-8(12)13-5/h1-3,7H,(H,11,12). The van der Waals surface area contributed by atoms with Gasteiger partial charge in [0.25, 0.3) is 6.43 Å². The highest BCUT2D eigenvalue weighted by atomic mass is 19.3. The number of aromatic amines is 1. The summed E-state index contributed by atoms with van der Waals surface area (Å²) in [4.78, 5) is 12.9. The SMILES string of the molecule is O=c1[nH]c2c(C(F)F)cccc2o1. The Morgan fingerprint density at radius 1 is 1.38 bits per heavy atom. The minimum absolute atomic E-state index is 0.0718. The number of halogens is 2. The van der Waals surface area contributed by atoms with Gasteiger partial charge in [0.2, 0.25) is 0 Å². The van der Waals surface area contributed by atoms with E-state index >= 15 is 0 Å². The molecule has 0 unspecified atom stereocenters. The van der Waals surface area contributed by atoms with Crippen molar-refractivity contribution in [2.75, 3.05) is 0 Å². The van der Waals surface area contributed by atoms with E-state index in [2.05, 4.69) is 9.40 Å². The lowest BCUT2D eigenvalue weighted by Gasteiger charge is -1.97. The van der Waals surface area contributed by atoms with Crippen LogP contribution in [0.15, 0.2) is 27.4 Å². The van der Waals surface area contributed by atoms with E-state index in [0.29, 0.717) is 0 Å². The second-order valence-corrected chi connectivity index (χ2v) is 2.54. The molecule has 1 aromatic carbocycles. The Bertz CT molecular complexity index is 486. The van der Waals surface area contributed by atoms with Crippen molar-refractivity contribution >= 4 is 11.1 Å². The fourth-order valence-corrected chi connectivity index (χ4v) is 1.18. The molecule has 0 atom stereocenters. The molecule has 0 radical (unpaired) electrons. The number of aromatic nitrogens is 1. The third-order valence-corrected chi connectivity index (χ3v) is 1.72. The van der Waals surface area contributed by atoms with Gasteiger partial charge in [0, 0.05) is 5.56 Å². The van der Waals surface area contributed by atoms with E-state index in [1.807, 2.05) is 0 Å². The lowest BCUT2D eigenvalue weighted by atomic mass is 10.2. The summed E-state index contributed by atoms with van der Waals surface area (Å²) in [7, 11) is 0. The molecule has 0 spiro atoms. The number of H-pyrrole nitrogens is 1. The Morgan fingerprint density at radius 3 is 2.85 bits per heavy atom. The van der Waals surface area contributed by atoms with Crippen molar-refractivity contribution in [1.82, 2.24) is 4.98 Å². The first kappa shape index (κ1) is 7.97. The number of hydrogen-bond donors (Lipinski definition) is 1. The lowest BCUT2D eigenvalue weighted by Crippen LogP contribution is -1.94. The van der Waals surface area contributed by atoms with Crippen LogP contribution >= 0.6 is 0 Å². The summed E-state index contributed by atoms with van der Waals surface area (Å²) < 4.78 is 29.3. The molecule has 0 saturated heterocycles. The molecule has 1 heterocycles. The van der Waals surface area contributed by atoms with Crippen LogP contribution < -0.4 is 5.76 Å². The van der Waals surface area contributed by atoms with E-state index in [1.165, 1.54) is 18.2 Å². The first-order chi connectivity index (χ1) is 6.18. The number of alkyl halides is 2. The number of fused-ring (bicyclic) bond motifs is 1. The molecular formula is C8H5F2NO2. The van der Waals surface area contributed by atoms with Gasteiger partial charge in [0.05, 0.1) is 5.52 Å². The quantitative estimate of drug-likeness (QED) is 0.739. The van der Waals surface area contributed by atoms with Crippen LogP contribution in [0.3, 0.4) is 0 Å². The van der Waals surface area contributed by atoms with Gasteiger partial charge in [0.15, 0.2) is 5.58 Å². The van der Waals surface area contributed by atoms with E-state index in [9.17, 15) is 13.6 Å². The molecule has 13 heavy (non-hydrogen) atoms. The zero-order chi connectivity index (χ0) is 9.42. The van der Waals surface area contributed by atoms with E-state index in [1.54, 1.807) is 0 Å². The molecule has 0 saturated carbocycles. The normalized spacial score (nSPS) is 11.3. The van der Waals surface area contributed by atoms with Gasteiger partial charge in [-0.2, -0.15) is 0 Å². The number of oxazole rings is 1. The van der Waals surface area contributed by atoms with Crippen molar-refractivity contribution in [1.29, 1.82) is 0 Å². The maximum atomic E-state index is 12.3. The topological polar surface area (TPSA) is 46.0 Å². The summed E-state index contributed by atoms with van der Waals surface area (Å²) in [5, 5.41) is 0. The Morgan fingerprint density at radius 2 is 2.15 bits per heavy atom. The Hall–Kier alpha value is -1.65. The third kappa shape index (κ3) is 1.22. The minimum atomic E-state index is -2.61. The van der Waals surface area contributed by atoms with E-state index in [4.69, 9.17) is 0 Å². The predicted octanol–water partition coefficient (Wildman–Crippen LogP) is 2.06. The van der Waals surface area contributed by atoms with E-state index in [-0.39, 0.29) is 16.7 Å². The molecule has 3 nitrogen and oxygen atoms in total. The van der Waals surface area contributed by atoms with Gasteiger partial charge in [-0.05, 0) is 6.07 Å². The van der Waals surface area contributed by atoms with E-state index in [0.717, 1.165) is 0 Å². The van der Waals surface area contributed by atoms with Gasteiger partial charge >= 0.3 is 5.76 Å². The van der Waals surface area contributed by atoms with Crippen molar-refractivity contribution in [3.63, 3.8) is 0 Å². The average molecular weight is 185 g/mol. The first-order valence-corrected chi connectivity index (χ1v) is 3.58. The van der Waals surface area contributed by atoms with Crippen molar-refractivity contribution in [2.24, 2.45) is 0 Å². The van der Waals surface area contributed by atoms with Gasteiger partial charge in [-0.3, -0.25) is 4.98 Å². The summed E-state index contributed by atoms with van der Waals surface area (Å²) >= 11 is 0. The highest BCUT2D eigenvalue weighted by Crippen LogP contribution is 2.25. The Kier molecular flexibility index (Phi) is 1.65. The van der Waals surface area contributed by atoms with Gasteiger partial charge in [0.1, 0.15) is 0 Å². The van der Waals surface area contributed by atoms with Crippen LogP contribution in [0.25, 0.3) is 11.1 Å². The highest BCUT2D eigenvalue weighted by Gasteiger charge is 2.13. The molecule has 2 rings (SSSR count). The summed E-state index contributed by atoms with van der Waals surface area (Å²) in [5.74, 6) is -0.719. The zero-order valence-electron chi connectivity index (χ0n) is 6.38. The first-order valence-electron chi connectivity index (χ1n) is 3.58. The summed E-state index contributed by atoms with van der Waals surface area (Å²) in [6.07, 6.45) is -2.61. The fourth-order valence-electron chi connectivity index (χ4n) is 1.18. The highest BCUT2D eigenvalue weighted by molar-refractivity contribution is 5.76. The number of nitrogens with one attached hydrogen (secondary N) is 1. The average Bonchev–Trinajstić information content (AvgIpc) is 2.43. The molecule has 0 aliphatic rings. The van der Waals surface area contributed by atoms with Crippen LogP contribution in [-0.2, 0) is 0 Å². The van der Waals surface area contributed by atoms with Crippen LogP contribution in [0, 0.1) is 0 Å². The zero-order valence-corrected chi connectivity index (χ0v) is 6.38. The van der Waals surface area contributed by atoms with Crippen LogP contribution in [0.1, 0.15) is 12.0 Å². The Labute approximate surface area is 71.0 Å². The summed E-state index contributed by atoms with van der Waals surface area (Å²) in [6.45, 7) is 0. The molecular weight excluding hydrogens is 180 g/mol. The Balaban J connectivity index is 2.82. The molecule has 5 heteroatoms. The van der Waals surface area contributed by atoms with Gasteiger partial charge in [-0.15, -0.1) is 0 Å². The molecule has 68 valence electrons. The van der Waals surface area contributed by atoms with Gasteiger partial charge in [-0.25, -0.2) is 13.6 Å². The third-order valence-electron chi connectivity index (χ3n) is 1.72. The second-order valence-electron chi connectivity index (χ2n) is 2.54. The number of rotatable bonds is 1. The summed E-state index contributed by atoms with van der Waals surface area (Å²) in [6, 6.07) is 4.12. The lowest BCUT2D eigenvalue weighted by molar-refractivity contribution is 0.153. The fraction of sp³-hybridized carbons (Fsp3) is 0.125. The van der Waals surface area contributed by atoms with E-state index < -0.39 is 12.2 Å². The maximum absolute atomic E-state index is 12.3. The largest absolute Gasteiger partial charge is 0.417 e. The number of benzene rings is 1. The smallest absolute Gasteiger partial charge is 0.408 e. The molecule has 0 bridgehead atoms. The molecule has 0 aliphatic heterocycles. The molecule has 0 fully saturated rings. The number of para-hydroxylation sites is 1. The monoisotopic (exact) mass is 185 g/mol. The molecule has 2 aromatic rings. The van der Waals surface area contributed by atoms with Crippen LogP contribution in [0.5, 0.6) is 0 Å². The molecule has 1 aromatic heterocycles. The molecule has 0 amide bonds. The predicted molar refractivity (Wildman–Crippen MR) is 41.8 cm³/mol. The number of hydrogen-bond acceptors (Lipinski definition) is 2. The van der Waals surface area contributed by atoms with Crippen LogP contribution in [-0.4, -0.2) is 4.98 Å². The second kappa shape index (κ2) is 2.69. The van der Waals surface area contributed by atoms with Crippen molar-refractivity contribution in [3.8, 4) is 0 Å². The van der Waals surface area contributed by atoms with Crippen molar-refractivity contribution < 1.29 is 13.2 Å². The molecule has 0 aliphatic carbocycles. The van der Waals surface area contributed by atoms with Gasteiger partial charge in [-0.1, -0.05) is 12.1 Å². The molecule has 1 N–H and O–H groups in total. The van der Waals surface area contributed by atoms with Crippen molar-refractivity contribution in [3.05, 3.63) is 34.3 Å². The maximum Gasteiger partial charge on any atom is 0.417 e. The van der Waals surface area contributed by atoms with Gasteiger partial charge < -0.3 is 4.42 Å². The van der Waals surface area contributed by atoms with Crippen molar-refractivity contribution in [2.45, 2.75) is 6.43 Å². The van der Waals surface area contributed by atoms with Crippen LogP contribution in [0.4, 0.5) is 8.78 Å². The summed E-state index contributed by atoms with van der Waals surface area (Å²) in [5.41, 5.74) is 0.00801.